The summed E-state index contributed by atoms with van der Waals surface area (Å²) in [6.45, 7) is 1.42. The summed E-state index contributed by atoms with van der Waals surface area (Å²) >= 11 is 13.4. The molecular formula is C21H20Cl2FNO4S. The lowest BCUT2D eigenvalue weighted by Crippen LogP contribution is -2.44. The zero-order chi connectivity index (χ0) is 22.3. The van der Waals surface area contributed by atoms with Gasteiger partial charge in [0.25, 0.3) is 5.91 Å². The largest absolute Gasteiger partial charge is 0.453 e. The Morgan fingerprint density at radius 3 is 2.40 bits per heavy atom. The molecule has 0 aliphatic heterocycles. The van der Waals surface area contributed by atoms with Crippen LogP contribution in [0.1, 0.15) is 34.1 Å². The molecule has 30 heavy (non-hydrogen) atoms. The molecule has 5 nitrogen and oxygen atoms in total. The number of hydrogen-bond acceptors (Lipinski definition) is 5. The number of benzene rings is 2. The highest BCUT2D eigenvalue weighted by atomic mass is 35.5. The van der Waals surface area contributed by atoms with Crippen LogP contribution in [0, 0.1) is 5.82 Å². The van der Waals surface area contributed by atoms with Crippen LogP contribution in [0.3, 0.4) is 0 Å². The number of carbonyl (C=O) groups is 3. The molecule has 2 atom stereocenters. The first-order valence-electron chi connectivity index (χ1n) is 8.98. The first-order chi connectivity index (χ1) is 14.2. The third kappa shape index (κ3) is 6.72. The smallest absolute Gasteiger partial charge is 0.329 e. The summed E-state index contributed by atoms with van der Waals surface area (Å²) in [5.41, 5.74) is 0.382. The van der Waals surface area contributed by atoms with Crippen LogP contribution < -0.4 is 5.32 Å². The number of hydrogen-bond donors (Lipinski definition) is 1. The van der Waals surface area contributed by atoms with E-state index in [0.717, 1.165) is 12.1 Å². The molecule has 9 heteroatoms. The number of thioether (sulfide) groups is 1. The molecule has 0 saturated carbocycles. The minimum absolute atomic E-state index is 0.150. The minimum Gasteiger partial charge on any atom is -0.453 e. The standard InChI is InChI=1S/C21H20Cl2FNO4S/c1-12(19(26)13-3-6-15(24)7-4-13)29-21(28)18(9-10-30-2)25-20(27)16-8-5-14(22)11-17(16)23/h3-8,11-12,18H,9-10H2,1-2H3,(H,25,27). The van der Waals surface area contributed by atoms with E-state index in [2.05, 4.69) is 5.32 Å². The maximum Gasteiger partial charge on any atom is 0.329 e. The molecule has 0 radical (unpaired) electrons. The average Bonchev–Trinajstić information content (AvgIpc) is 2.70. The Labute approximate surface area is 188 Å². The Balaban J connectivity index is 2.09. The van der Waals surface area contributed by atoms with Crippen molar-refractivity contribution in [2.75, 3.05) is 12.0 Å². The van der Waals surface area contributed by atoms with Gasteiger partial charge in [-0.15, -0.1) is 0 Å². The quantitative estimate of drug-likeness (QED) is 0.420. The van der Waals surface area contributed by atoms with Crippen LogP contribution in [-0.2, 0) is 9.53 Å². The molecule has 0 aromatic heterocycles. The van der Waals surface area contributed by atoms with Gasteiger partial charge in [-0.25, -0.2) is 9.18 Å². The molecule has 0 heterocycles. The van der Waals surface area contributed by atoms with Crippen molar-refractivity contribution in [2.24, 2.45) is 0 Å². The Bertz CT molecular complexity index is 924. The van der Waals surface area contributed by atoms with Gasteiger partial charge in [0, 0.05) is 10.6 Å². The predicted molar refractivity (Wildman–Crippen MR) is 117 cm³/mol. The van der Waals surface area contributed by atoms with E-state index in [1.165, 1.54) is 49.0 Å². The van der Waals surface area contributed by atoms with Crippen LogP contribution in [0.25, 0.3) is 0 Å². The zero-order valence-corrected chi connectivity index (χ0v) is 18.6. The number of halogens is 3. The predicted octanol–water partition coefficient (Wildman–Crippen LogP) is 4.80. The molecule has 0 saturated heterocycles. The van der Waals surface area contributed by atoms with Crippen molar-refractivity contribution in [2.45, 2.75) is 25.5 Å². The molecule has 2 aromatic rings. The number of ketones is 1. The van der Waals surface area contributed by atoms with Crippen LogP contribution >= 0.6 is 35.0 Å². The van der Waals surface area contributed by atoms with Gasteiger partial charge < -0.3 is 10.1 Å². The number of Topliss-reactive ketones (excluding diaryl/α,β-unsaturated/α-hetero) is 1. The van der Waals surface area contributed by atoms with Gasteiger partial charge in [0.15, 0.2) is 6.10 Å². The number of carbonyl (C=O) groups excluding carboxylic acids is 3. The van der Waals surface area contributed by atoms with Gasteiger partial charge >= 0.3 is 5.97 Å². The summed E-state index contributed by atoms with van der Waals surface area (Å²) in [6.07, 6.45) is 1.06. The van der Waals surface area contributed by atoms with Crippen LogP contribution in [0.4, 0.5) is 4.39 Å². The SMILES string of the molecule is CSCCC(NC(=O)c1ccc(Cl)cc1Cl)C(=O)OC(C)C(=O)c1ccc(F)cc1. The summed E-state index contributed by atoms with van der Waals surface area (Å²) in [6, 6.07) is 8.36. The van der Waals surface area contributed by atoms with Crippen LogP contribution in [0.2, 0.25) is 10.0 Å². The molecule has 0 bridgehead atoms. The molecule has 160 valence electrons. The molecule has 2 aromatic carbocycles. The zero-order valence-electron chi connectivity index (χ0n) is 16.3. The van der Waals surface area contributed by atoms with Gasteiger partial charge in [-0.1, -0.05) is 23.2 Å². The lowest BCUT2D eigenvalue weighted by molar-refractivity contribution is -0.148. The second-order valence-corrected chi connectivity index (χ2v) is 8.21. The van der Waals surface area contributed by atoms with E-state index in [0.29, 0.717) is 17.2 Å². The van der Waals surface area contributed by atoms with Gasteiger partial charge in [0.1, 0.15) is 11.9 Å². The summed E-state index contributed by atoms with van der Waals surface area (Å²) in [5, 5.41) is 3.13. The van der Waals surface area contributed by atoms with Crippen molar-refractivity contribution in [1.82, 2.24) is 5.32 Å². The van der Waals surface area contributed by atoms with Crippen molar-refractivity contribution in [3.63, 3.8) is 0 Å². The molecule has 2 rings (SSSR count). The third-order valence-electron chi connectivity index (χ3n) is 4.17. The van der Waals surface area contributed by atoms with E-state index in [1.807, 2.05) is 6.26 Å². The highest BCUT2D eigenvalue weighted by Crippen LogP contribution is 2.21. The van der Waals surface area contributed by atoms with Crippen LogP contribution in [0.5, 0.6) is 0 Å². The van der Waals surface area contributed by atoms with Gasteiger partial charge in [0.2, 0.25) is 5.78 Å². The molecule has 0 aliphatic rings. The number of nitrogens with one attached hydrogen (secondary N) is 1. The number of rotatable bonds is 9. The lowest BCUT2D eigenvalue weighted by Gasteiger charge is -2.20. The fraction of sp³-hybridized carbons (Fsp3) is 0.286. The fourth-order valence-electron chi connectivity index (χ4n) is 2.55. The summed E-state index contributed by atoms with van der Waals surface area (Å²) < 4.78 is 18.3. The van der Waals surface area contributed by atoms with Gasteiger partial charge in [0.05, 0.1) is 10.6 Å². The molecule has 1 N–H and O–H groups in total. The van der Waals surface area contributed by atoms with Crippen molar-refractivity contribution in [3.8, 4) is 0 Å². The first kappa shape index (κ1) is 24.2. The topological polar surface area (TPSA) is 72.5 Å². The normalized spacial score (nSPS) is 12.7. The van der Waals surface area contributed by atoms with E-state index in [1.54, 1.807) is 0 Å². The summed E-state index contributed by atoms with van der Waals surface area (Å²) in [4.78, 5) is 37.6. The average molecular weight is 472 g/mol. The van der Waals surface area contributed by atoms with Gasteiger partial charge in [-0.3, -0.25) is 9.59 Å². The second-order valence-electron chi connectivity index (χ2n) is 6.38. The molecular weight excluding hydrogens is 452 g/mol. The molecule has 2 unspecified atom stereocenters. The summed E-state index contributed by atoms with van der Waals surface area (Å²) in [7, 11) is 0. The van der Waals surface area contributed by atoms with Crippen molar-refractivity contribution < 1.29 is 23.5 Å². The Hall–Kier alpha value is -2.09. The first-order valence-corrected chi connectivity index (χ1v) is 11.1. The molecule has 1 amide bonds. The Morgan fingerprint density at radius 2 is 1.80 bits per heavy atom. The van der Waals surface area contributed by atoms with E-state index >= 15 is 0 Å². The van der Waals surface area contributed by atoms with E-state index < -0.39 is 35.6 Å². The Morgan fingerprint density at radius 1 is 1.13 bits per heavy atom. The van der Waals surface area contributed by atoms with Crippen molar-refractivity contribution in [3.05, 3.63) is 69.5 Å². The molecule has 0 fully saturated rings. The minimum atomic E-state index is -1.10. The van der Waals surface area contributed by atoms with E-state index in [-0.39, 0.29) is 16.1 Å². The summed E-state index contributed by atoms with van der Waals surface area (Å²) in [5.74, 6) is -1.67. The second kappa shape index (κ2) is 11.3. The highest BCUT2D eigenvalue weighted by Gasteiger charge is 2.27. The fourth-order valence-corrected chi connectivity index (χ4v) is 3.52. The van der Waals surface area contributed by atoms with Gasteiger partial charge in [-0.05, 0) is 67.8 Å². The maximum atomic E-state index is 13.0. The third-order valence-corrected chi connectivity index (χ3v) is 5.36. The van der Waals surface area contributed by atoms with Crippen LogP contribution in [0.15, 0.2) is 42.5 Å². The number of esters is 1. The monoisotopic (exact) mass is 471 g/mol. The van der Waals surface area contributed by atoms with E-state index in [4.69, 9.17) is 27.9 Å². The number of ether oxygens (including phenoxy) is 1. The van der Waals surface area contributed by atoms with Crippen molar-refractivity contribution >= 4 is 52.6 Å². The molecule has 0 aliphatic carbocycles. The lowest BCUT2D eigenvalue weighted by atomic mass is 10.1. The van der Waals surface area contributed by atoms with Gasteiger partial charge in [-0.2, -0.15) is 11.8 Å². The molecule has 0 spiro atoms. The number of amides is 1. The Kier molecular flexibility index (Phi) is 9.14. The maximum absolute atomic E-state index is 13.0. The van der Waals surface area contributed by atoms with E-state index in [9.17, 15) is 18.8 Å². The highest BCUT2D eigenvalue weighted by molar-refractivity contribution is 7.98. The van der Waals surface area contributed by atoms with Crippen molar-refractivity contribution in [1.29, 1.82) is 0 Å². The van der Waals surface area contributed by atoms with Crippen LogP contribution in [-0.4, -0.2) is 41.8 Å².